The number of amides is 2. The van der Waals surface area contributed by atoms with Gasteiger partial charge in [0.15, 0.2) is 23.1 Å². The van der Waals surface area contributed by atoms with Crippen LogP contribution in [0.2, 0.25) is 0 Å². The fraction of sp³-hybridized carbons (Fsp3) is 0.531. The largest absolute Gasteiger partial charge is 0.494 e. The Balaban J connectivity index is 0.00000529. The summed E-state index contributed by atoms with van der Waals surface area (Å²) < 4.78 is 32.6. The highest BCUT2D eigenvalue weighted by Gasteiger charge is 2.34. The summed E-state index contributed by atoms with van der Waals surface area (Å²) in [6, 6.07) is 5.38. The summed E-state index contributed by atoms with van der Waals surface area (Å²) in [5.74, 6) is 0.0925. The Morgan fingerprint density at radius 3 is 2.18 bits per heavy atom. The van der Waals surface area contributed by atoms with Crippen LogP contribution < -0.4 is 19.1 Å². The quantitative estimate of drug-likeness (QED) is 0.358. The molecular weight excluding hydrogens is 633 g/mol. The van der Waals surface area contributed by atoms with Crippen molar-refractivity contribution in [3.63, 3.8) is 0 Å². The summed E-state index contributed by atoms with van der Waals surface area (Å²) >= 11 is 0. The van der Waals surface area contributed by atoms with Crippen molar-refractivity contribution in [3.8, 4) is 17.2 Å². The first-order chi connectivity index (χ1) is 20.3. The fourth-order valence-corrected chi connectivity index (χ4v) is 5.63. The van der Waals surface area contributed by atoms with Gasteiger partial charge in [-0.2, -0.15) is 0 Å². The number of Topliss-reactive ketones (excluding diaryl/α,β-unsaturated/α-hetero) is 1. The lowest BCUT2D eigenvalue weighted by Gasteiger charge is -2.38. The molecule has 0 radical (unpaired) electrons. The smallest absolute Gasteiger partial charge is 0.319 e. The molecule has 1 saturated heterocycles. The number of halogens is 2. The molecule has 0 spiro atoms. The van der Waals surface area contributed by atoms with Crippen LogP contribution in [-0.2, 0) is 12.0 Å². The van der Waals surface area contributed by atoms with Crippen molar-refractivity contribution in [2.24, 2.45) is 0 Å². The van der Waals surface area contributed by atoms with E-state index in [2.05, 4.69) is 25.7 Å². The number of benzene rings is 2. The van der Waals surface area contributed by atoms with Crippen LogP contribution in [0.1, 0.15) is 61.7 Å². The molecule has 0 atom stereocenters. The van der Waals surface area contributed by atoms with Gasteiger partial charge in [0.05, 0.1) is 38.1 Å². The van der Waals surface area contributed by atoms with Crippen LogP contribution in [-0.4, -0.2) is 99.5 Å². The number of carbonyl (C=O) groups excluding carboxylic acids is 2. The lowest BCUT2D eigenvalue weighted by atomic mass is 9.84. The average Bonchev–Trinajstić information content (AvgIpc) is 3.27. The zero-order valence-corrected chi connectivity index (χ0v) is 28.7. The summed E-state index contributed by atoms with van der Waals surface area (Å²) in [6.45, 7) is 12.8. The van der Waals surface area contributed by atoms with Crippen LogP contribution in [0, 0.1) is 11.2 Å². The molecule has 0 saturated carbocycles. The molecule has 2 aliphatic rings. The van der Waals surface area contributed by atoms with E-state index in [1.807, 2.05) is 24.0 Å². The zero-order chi connectivity index (χ0) is 31.6. The zero-order valence-electron chi connectivity index (χ0n) is 27.0. The number of nitrogens with zero attached hydrogens (tertiary/aromatic N) is 4. The number of nitrogens with one attached hydrogen (secondary N) is 1. The number of methoxy groups -OCH3 is 1. The summed E-state index contributed by atoms with van der Waals surface area (Å²) in [5, 5.41) is 8.75. The predicted octanol–water partition coefficient (Wildman–Crippen LogP) is 5.33. The maximum absolute atomic E-state index is 15.6. The molecule has 12 heteroatoms. The van der Waals surface area contributed by atoms with E-state index in [9.17, 15) is 9.59 Å². The second kappa shape index (κ2) is 14.0. The maximum Gasteiger partial charge on any atom is 0.319 e. The first kappa shape index (κ1) is 34.9. The molecule has 4 rings (SSSR count). The molecule has 2 amide bonds. The van der Waals surface area contributed by atoms with Crippen LogP contribution in [0.3, 0.4) is 0 Å². The number of hydrogen-bond donors (Lipinski definition) is 1. The van der Waals surface area contributed by atoms with Crippen molar-refractivity contribution < 1.29 is 28.2 Å². The number of ether oxygens (including phenoxy) is 3. The van der Waals surface area contributed by atoms with Crippen molar-refractivity contribution >= 4 is 40.3 Å². The maximum atomic E-state index is 15.6. The lowest BCUT2D eigenvalue weighted by Crippen LogP contribution is -2.51. The second-order valence-corrected chi connectivity index (χ2v) is 12.0. The van der Waals surface area contributed by atoms with Gasteiger partial charge in [-0.3, -0.25) is 10.2 Å². The molecular formula is C32H45BrFN5O5. The lowest BCUT2D eigenvalue weighted by molar-refractivity contribution is 0.0962. The third kappa shape index (κ3) is 6.90. The predicted molar refractivity (Wildman–Crippen MR) is 175 cm³/mol. The van der Waals surface area contributed by atoms with Gasteiger partial charge < -0.3 is 33.8 Å². The molecule has 0 aromatic heterocycles. The van der Waals surface area contributed by atoms with E-state index in [-0.39, 0.29) is 71.1 Å². The number of anilines is 1. The number of ketones is 1. The van der Waals surface area contributed by atoms with Gasteiger partial charge in [-0.1, -0.05) is 20.8 Å². The Morgan fingerprint density at radius 1 is 1.00 bits per heavy atom. The normalized spacial score (nSPS) is 14.7. The minimum absolute atomic E-state index is 0. The Bertz CT molecular complexity index is 1400. The number of urea groups is 1. The van der Waals surface area contributed by atoms with E-state index in [1.165, 1.54) is 0 Å². The number of carbonyl (C=O) groups is 2. The Morgan fingerprint density at radius 2 is 1.64 bits per heavy atom. The third-order valence-corrected chi connectivity index (χ3v) is 7.78. The number of rotatable bonds is 9. The van der Waals surface area contributed by atoms with Crippen molar-refractivity contribution in [1.82, 2.24) is 14.7 Å². The van der Waals surface area contributed by atoms with Crippen LogP contribution in [0.25, 0.3) is 0 Å². The van der Waals surface area contributed by atoms with Crippen molar-refractivity contribution in [1.29, 1.82) is 5.41 Å². The highest BCUT2D eigenvalue weighted by atomic mass is 79.9. The van der Waals surface area contributed by atoms with Gasteiger partial charge in [-0.25, -0.2) is 9.18 Å². The SMILES string of the molecule is Br.CCOc1cc2c(c(F)c1OCC)C(=N)N(CC(=O)c1cc(N3CCN(C(=O)N(C)C)CC3)c(OC)c(C(C)(C)C)c1)C2. The monoisotopic (exact) mass is 677 g/mol. The van der Waals surface area contributed by atoms with Crippen molar-refractivity contribution in [2.45, 2.75) is 46.6 Å². The highest BCUT2D eigenvalue weighted by Crippen LogP contribution is 2.42. The molecule has 242 valence electrons. The van der Waals surface area contributed by atoms with Crippen LogP contribution in [0.5, 0.6) is 17.2 Å². The topological polar surface area (TPSA) is 98.6 Å². The molecule has 0 aliphatic carbocycles. The third-order valence-electron chi connectivity index (χ3n) is 7.78. The van der Waals surface area contributed by atoms with Crippen molar-refractivity contribution in [3.05, 3.63) is 46.3 Å². The molecule has 44 heavy (non-hydrogen) atoms. The average molecular weight is 679 g/mol. The minimum Gasteiger partial charge on any atom is -0.494 e. The molecule has 1 N–H and O–H groups in total. The number of piperazine rings is 1. The molecule has 2 heterocycles. The summed E-state index contributed by atoms with van der Waals surface area (Å²) in [6.07, 6.45) is 0. The molecule has 10 nitrogen and oxygen atoms in total. The molecule has 0 bridgehead atoms. The second-order valence-electron chi connectivity index (χ2n) is 12.0. The van der Waals surface area contributed by atoms with E-state index >= 15 is 4.39 Å². The Hall–Kier alpha value is -3.54. The van der Waals surface area contributed by atoms with Crippen molar-refractivity contribution in [2.75, 3.05) is 72.0 Å². The molecule has 2 aromatic rings. The van der Waals surface area contributed by atoms with Crippen LogP contribution >= 0.6 is 17.0 Å². The van der Waals surface area contributed by atoms with Gasteiger partial charge in [-0.05, 0) is 43.0 Å². The molecule has 2 aromatic carbocycles. The summed E-state index contributed by atoms with van der Waals surface area (Å²) in [5.41, 5.74) is 2.56. The van der Waals surface area contributed by atoms with Crippen LogP contribution in [0.15, 0.2) is 18.2 Å². The fourth-order valence-electron chi connectivity index (χ4n) is 5.63. The summed E-state index contributed by atoms with van der Waals surface area (Å²) in [4.78, 5) is 33.5. The van der Waals surface area contributed by atoms with E-state index in [1.54, 1.807) is 44.0 Å². The van der Waals surface area contributed by atoms with E-state index in [4.69, 9.17) is 19.6 Å². The van der Waals surface area contributed by atoms with E-state index < -0.39 is 5.82 Å². The van der Waals surface area contributed by atoms with Gasteiger partial charge in [-0.15, -0.1) is 17.0 Å². The van der Waals surface area contributed by atoms with Crippen LogP contribution in [0.4, 0.5) is 14.9 Å². The Kier molecular flexibility index (Phi) is 11.2. The number of fused-ring (bicyclic) bond motifs is 1. The Labute approximate surface area is 270 Å². The first-order valence-electron chi connectivity index (χ1n) is 14.7. The first-order valence-corrected chi connectivity index (χ1v) is 14.7. The van der Waals surface area contributed by atoms with E-state index in [0.717, 1.165) is 11.3 Å². The van der Waals surface area contributed by atoms with E-state index in [0.29, 0.717) is 55.4 Å². The van der Waals surface area contributed by atoms with Gasteiger partial charge in [0.25, 0.3) is 0 Å². The number of amidine groups is 1. The molecule has 1 fully saturated rings. The van der Waals surface area contributed by atoms with Gasteiger partial charge >= 0.3 is 6.03 Å². The minimum atomic E-state index is -0.642. The molecule has 0 unspecified atom stereocenters. The number of hydrogen-bond acceptors (Lipinski definition) is 7. The molecule has 2 aliphatic heterocycles. The standard InChI is InChI=1S/C32H44FN5O5.BrH/c1-9-42-25-17-21-18-38(30(34)26(21)27(33)29(25)43-10-2)19-24(39)20-15-22(32(3,4)5)28(41-8)23(16-20)36-11-13-37(14-12-36)31(40)35(6)7;/h15-17,34H,9-14,18-19H2,1-8H3;1H. The van der Waals surface area contributed by atoms with Gasteiger partial charge in [0.2, 0.25) is 0 Å². The van der Waals surface area contributed by atoms with Gasteiger partial charge in [0, 0.05) is 57.9 Å². The van der Waals surface area contributed by atoms with Gasteiger partial charge in [0.1, 0.15) is 11.6 Å². The summed E-state index contributed by atoms with van der Waals surface area (Å²) in [7, 11) is 5.11. The highest BCUT2D eigenvalue weighted by molar-refractivity contribution is 8.93.